The van der Waals surface area contributed by atoms with Crippen molar-refractivity contribution in [2.45, 2.75) is 6.42 Å². The Balaban J connectivity index is 0.000000750. The smallest absolute Gasteiger partial charge is 0 e. The fourth-order valence-corrected chi connectivity index (χ4v) is 2.08. The molecular formula is C13H10Bi. The van der Waals surface area contributed by atoms with Crippen LogP contribution in [0.1, 0.15) is 11.1 Å². The van der Waals surface area contributed by atoms with Gasteiger partial charge in [-0.1, -0.05) is 48.5 Å². The second-order valence-electron chi connectivity index (χ2n) is 3.49. The van der Waals surface area contributed by atoms with E-state index in [1.165, 1.54) is 22.3 Å². The average Bonchev–Trinajstić information content (AvgIpc) is 2.56. The second-order valence-corrected chi connectivity index (χ2v) is 3.49. The zero-order chi connectivity index (χ0) is 8.67. The van der Waals surface area contributed by atoms with Crippen LogP contribution in [0, 0.1) is 0 Å². The van der Waals surface area contributed by atoms with Gasteiger partial charge in [-0.25, -0.2) is 0 Å². The predicted octanol–water partition coefficient (Wildman–Crippen LogP) is 2.88. The van der Waals surface area contributed by atoms with Gasteiger partial charge in [-0.2, -0.15) is 0 Å². The van der Waals surface area contributed by atoms with Crippen LogP contribution in [0.5, 0.6) is 0 Å². The molecule has 0 saturated heterocycles. The molecule has 2 aromatic rings. The van der Waals surface area contributed by atoms with Crippen LogP contribution in [-0.2, 0) is 6.42 Å². The summed E-state index contributed by atoms with van der Waals surface area (Å²) in [6.45, 7) is 0. The Morgan fingerprint density at radius 1 is 0.643 bits per heavy atom. The quantitative estimate of drug-likeness (QED) is 0.531. The van der Waals surface area contributed by atoms with Gasteiger partial charge in [-0.3, -0.25) is 0 Å². The summed E-state index contributed by atoms with van der Waals surface area (Å²) < 4.78 is 0. The fraction of sp³-hybridized carbons (Fsp3) is 0.0769. The molecule has 1 heteroatoms. The van der Waals surface area contributed by atoms with Crippen molar-refractivity contribution in [3.05, 3.63) is 59.7 Å². The molecule has 0 bridgehead atoms. The maximum atomic E-state index is 2.22. The average molecular weight is 375 g/mol. The Hall–Kier alpha value is -0.677. The van der Waals surface area contributed by atoms with E-state index in [-0.39, 0.29) is 26.2 Å². The first-order valence-corrected chi connectivity index (χ1v) is 4.61. The van der Waals surface area contributed by atoms with E-state index >= 15 is 0 Å². The third-order valence-electron chi connectivity index (χ3n) is 2.71. The number of hydrogen-bond donors (Lipinski definition) is 0. The summed E-state index contributed by atoms with van der Waals surface area (Å²) in [4.78, 5) is 0. The maximum Gasteiger partial charge on any atom is 0 e. The summed E-state index contributed by atoms with van der Waals surface area (Å²) in [5, 5.41) is 0. The summed E-state index contributed by atoms with van der Waals surface area (Å²) in [7, 11) is 0. The van der Waals surface area contributed by atoms with Crippen molar-refractivity contribution in [3.8, 4) is 11.1 Å². The van der Waals surface area contributed by atoms with Crippen LogP contribution in [-0.4, -0.2) is 26.2 Å². The Labute approximate surface area is 103 Å². The molecule has 0 atom stereocenters. The molecule has 0 saturated carbocycles. The number of fused-ring (bicyclic) bond motifs is 3. The molecule has 3 radical (unpaired) electrons. The van der Waals surface area contributed by atoms with Crippen molar-refractivity contribution in [1.29, 1.82) is 0 Å². The van der Waals surface area contributed by atoms with E-state index in [1.807, 2.05) is 0 Å². The van der Waals surface area contributed by atoms with Gasteiger partial charge >= 0.3 is 0 Å². The molecule has 0 aliphatic heterocycles. The van der Waals surface area contributed by atoms with Crippen LogP contribution < -0.4 is 0 Å². The molecule has 0 nitrogen and oxygen atoms in total. The molecule has 14 heavy (non-hydrogen) atoms. The molecular weight excluding hydrogens is 365 g/mol. The molecule has 0 fully saturated rings. The van der Waals surface area contributed by atoms with Gasteiger partial charge in [0.25, 0.3) is 0 Å². The number of hydrogen-bond acceptors (Lipinski definition) is 0. The molecule has 2 aromatic carbocycles. The van der Waals surface area contributed by atoms with E-state index in [0.717, 1.165) is 6.42 Å². The van der Waals surface area contributed by atoms with Crippen LogP contribution in [0.4, 0.5) is 0 Å². The Kier molecular flexibility index (Phi) is 2.69. The van der Waals surface area contributed by atoms with Crippen molar-refractivity contribution < 1.29 is 0 Å². The van der Waals surface area contributed by atoms with Crippen LogP contribution in [0.3, 0.4) is 0 Å². The zero-order valence-electron chi connectivity index (χ0n) is 7.77. The standard InChI is InChI=1S/C13H10.Bi/c1-3-7-12-10(5-1)9-11-6-2-4-8-13(11)12;/h1-8H,9H2;. The molecule has 0 aromatic heterocycles. The Bertz CT molecular complexity index is 417. The van der Waals surface area contributed by atoms with Crippen molar-refractivity contribution in [2.24, 2.45) is 0 Å². The van der Waals surface area contributed by atoms with Gasteiger partial charge in [0.2, 0.25) is 0 Å². The first kappa shape index (κ1) is 9.86. The van der Waals surface area contributed by atoms with E-state index in [1.54, 1.807) is 0 Å². The largest absolute Gasteiger partial charge is 0.0619 e. The minimum atomic E-state index is 0. The third-order valence-corrected chi connectivity index (χ3v) is 2.71. The van der Waals surface area contributed by atoms with Crippen molar-refractivity contribution >= 4 is 26.2 Å². The molecule has 0 heterocycles. The van der Waals surface area contributed by atoms with Crippen LogP contribution in [0.2, 0.25) is 0 Å². The number of rotatable bonds is 0. The summed E-state index contributed by atoms with van der Waals surface area (Å²) in [6, 6.07) is 17.3. The summed E-state index contributed by atoms with van der Waals surface area (Å²) in [5.41, 5.74) is 5.75. The van der Waals surface area contributed by atoms with Crippen molar-refractivity contribution in [3.63, 3.8) is 0 Å². The van der Waals surface area contributed by atoms with Crippen LogP contribution >= 0.6 is 0 Å². The summed E-state index contributed by atoms with van der Waals surface area (Å²) in [6.07, 6.45) is 1.10. The monoisotopic (exact) mass is 375 g/mol. The first-order valence-electron chi connectivity index (χ1n) is 4.61. The van der Waals surface area contributed by atoms with E-state index in [4.69, 9.17) is 0 Å². The Morgan fingerprint density at radius 3 is 1.57 bits per heavy atom. The molecule has 0 spiro atoms. The first-order chi connectivity index (χ1) is 6.45. The van der Waals surface area contributed by atoms with Gasteiger partial charge in [-0.05, 0) is 28.7 Å². The molecule has 0 N–H and O–H groups in total. The number of benzene rings is 2. The van der Waals surface area contributed by atoms with Crippen LogP contribution in [0.25, 0.3) is 11.1 Å². The minimum absolute atomic E-state index is 0. The van der Waals surface area contributed by atoms with Gasteiger partial charge in [0.1, 0.15) is 0 Å². The summed E-state index contributed by atoms with van der Waals surface area (Å²) in [5.74, 6) is 0. The topological polar surface area (TPSA) is 0 Å². The molecule has 1 aliphatic carbocycles. The maximum absolute atomic E-state index is 2.22. The van der Waals surface area contributed by atoms with Gasteiger partial charge in [0.05, 0.1) is 0 Å². The van der Waals surface area contributed by atoms with Gasteiger partial charge in [0.15, 0.2) is 0 Å². The van der Waals surface area contributed by atoms with Gasteiger partial charge in [0, 0.05) is 26.2 Å². The minimum Gasteiger partial charge on any atom is -0.0619 e. The van der Waals surface area contributed by atoms with E-state index in [9.17, 15) is 0 Å². The second kappa shape index (κ2) is 3.83. The Morgan fingerprint density at radius 2 is 1.07 bits per heavy atom. The zero-order valence-corrected chi connectivity index (χ0v) is 11.3. The molecule has 0 amide bonds. The van der Waals surface area contributed by atoms with Gasteiger partial charge in [-0.15, -0.1) is 0 Å². The molecule has 67 valence electrons. The van der Waals surface area contributed by atoms with Crippen molar-refractivity contribution in [2.75, 3.05) is 0 Å². The predicted molar refractivity (Wildman–Crippen MR) is 60.4 cm³/mol. The van der Waals surface area contributed by atoms with Gasteiger partial charge < -0.3 is 0 Å². The van der Waals surface area contributed by atoms with E-state index in [0.29, 0.717) is 0 Å². The SMILES string of the molecule is [Bi].c1ccc2c(c1)Cc1ccccc1-2. The molecule has 1 aliphatic rings. The summed E-state index contributed by atoms with van der Waals surface area (Å²) >= 11 is 0. The normalized spacial score (nSPS) is 11.4. The van der Waals surface area contributed by atoms with E-state index in [2.05, 4.69) is 48.5 Å². The molecule has 0 unspecified atom stereocenters. The van der Waals surface area contributed by atoms with Crippen LogP contribution in [0.15, 0.2) is 48.5 Å². The van der Waals surface area contributed by atoms with Crippen molar-refractivity contribution in [1.82, 2.24) is 0 Å². The fourth-order valence-electron chi connectivity index (χ4n) is 2.08. The van der Waals surface area contributed by atoms with E-state index < -0.39 is 0 Å². The third kappa shape index (κ3) is 1.40. The molecule has 3 rings (SSSR count).